The van der Waals surface area contributed by atoms with Crippen LogP contribution in [0.15, 0.2) is 54.6 Å². The van der Waals surface area contributed by atoms with E-state index in [0.29, 0.717) is 25.0 Å². The molecule has 0 amide bonds. The lowest BCUT2D eigenvalue weighted by Crippen LogP contribution is -2.31. The Labute approximate surface area is 276 Å². The standard InChI is InChI=1S/C38H56O8/c1-3-4-8-19-30(44-36-22-13-15-26-42-36)24-25-32-31(20-11-5-6-12-21-35(39)41-2)33(45-37-23-14-16-27-43-37)28-34(32)46-38(40)29-17-9-7-10-18-29/h5,7,9-11,17-18,24-25,30-34,36-37H,3-4,6,8,12-16,19-23,26-28H2,1-2H3/b11-5-,25-24+/t30-,31+,32+,33-,34+,36?,37?/m0/s1. The van der Waals surface area contributed by atoms with Crippen LogP contribution in [0.5, 0.6) is 0 Å². The highest BCUT2D eigenvalue weighted by Gasteiger charge is 2.45. The van der Waals surface area contributed by atoms with Gasteiger partial charge in [-0.15, -0.1) is 0 Å². The van der Waals surface area contributed by atoms with Crippen LogP contribution in [0, 0.1) is 11.8 Å². The summed E-state index contributed by atoms with van der Waals surface area (Å²) in [7, 11) is 1.42. The third-order valence-corrected chi connectivity index (χ3v) is 9.26. The Kier molecular flexibility index (Phi) is 16.3. The predicted octanol–water partition coefficient (Wildman–Crippen LogP) is 8.10. The third-order valence-electron chi connectivity index (χ3n) is 9.26. The van der Waals surface area contributed by atoms with Crippen LogP contribution in [-0.2, 0) is 33.2 Å². The normalized spacial score (nSPS) is 27.6. The molecular weight excluding hydrogens is 584 g/mol. The van der Waals surface area contributed by atoms with Crippen LogP contribution in [-0.4, -0.2) is 63.2 Å². The van der Waals surface area contributed by atoms with Crippen molar-refractivity contribution in [3.8, 4) is 0 Å². The number of carbonyl (C=O) groups is 2. The summed E-state index contributed by atoms with van der Waals surface area (Å²) in [6.07, 6.45) is 21.5. The first kappa shape index (κ1) is 36.3. The zero-order chi connectivity index (χ0) is 32.4. The Morgan fingerprint density at radius 1 is 0.935 bits per heavy atom. The number of hydrogen-bond acceptors (Lipinski definition) is 8. The van der Waals surface area contributed by atoms with Crippen LogP contribution in [0.3, 0.4) is 0 Å². The summed E-state index contributed by atoms with van der Waals surface area (Å²) in [5.74, 6) is -0.491. The topological polar surface area (TPSA) is 89.5 Å². The first-order chi connectivity index (χ1) is 22.6. The molecule has 2 unspecified atom stereocenters. The van der Waals surface area contributed by atoms with Crippen LogP contribution in [0.25, 0.3) is 0 Å². The Bertz CT molecular complexity index is 1060. The van der Waals surface area contributed by atoms with Gasteiger partial charge in [-0.2, -0.15) is 0 Å². The van der Waals surface area contributed by atoms with Gasteiger partial charge in [-0.05, 0) is 82.3 Å². The van der Waals surface area contributed by atoms with Crippen LogP contribution >= 0.6 is 0 Å². The van der Waals surface area contributed by atoms with E-state index < -0.39 is 0 Å². The Morgan fingerprint density at radius 3 is 2.39 bits per heavy atom. The van der Waals surface area contributed by atoms with E-state index in [9.17, 15) is 9.59 Å². The fraction of sp³-hybridized carbons (Fsp3) is 0.684. The molecule has 1 aromatic carbocycles. The quantitative estimate of drug-likeness (QED) is 0.0904. The summed E-state index contributed by atoms with van der Waals surface area (Å²) in [5.41, 5.74) is 0.544. The van der Waals surface area contributed by atoms with Gasteiger partial charge >= 0.3 is 11.9 Å². The average Bonchev–Trinajstić information content (AvgIpc) is 3.40. The van der Waals surface area contributed by atoms with Gasteiger partial charge < -0.3 is 28.4 Å². The van der Waals surface area contributed by atoms with E-state index in [1.807, 2.05) is 18.2 Å². The molecule has 8 heteroatoms. The van der Waals surface area contributed by atoms with Crippen molar-refractivity contribution < 1.29 is 38.0 Å². The van der Waals surface area contributed by atoms with Gasteiger partial charge in [0.05, 0.1) is 24.9 Å². The Hall–Kier alpha value is -2.52. The molecule has 0 spiro atoms. The lowest BCUT2D eigenvalue weighted by atomic mass is 9.89. The maximum atomic E-state index is 13.3. The minimum atomic E-state index is -0.350. The van der Waals surface area contributed by atoms with Gasteiger partial charge in [0, 0.05) is 32.0 Å². The molecular formula is C38H56O8. The monoisotopic (exact) mass is 640 g/mol. The fourth-order valence-corrected chi connectivity index (χ4v) is 6.64. The van der Waals surface area contributed by atoms with Crippen molar-refractivity contribution in [1.29, 1.82) is 0 Å². The minimum Gasteiger partial charge on any atom is -0.469 e. The zero-order valence-electron chi connectivity index (χ0n) is 28.0. The molecule has 7 atom stereocenters. The summed E-state index contributed by atoms with van der Waals surface area (Å²) < 4.78 is 36.1. The van der Waals surface area contributed by atoms with Crippen molar-refractivity contribution in [2.45, 2.75) is 134 Å². The second-order valence-corrected chi connectivity index (χ2v) is 12.8. The zero-order valence-corrected chi connectivity index (χ0v) is 28.0. The number of carbonyl (C=O) groups excluding carboxylic acids is 2. The molecule has 0 aromatic heterocycles. The van der Waals surface area contributed by atoms with Crippen molar-refractivity contribution in [2.75, 3.05) is 20.3 Å². The Morgan fingerprint density at radius 2 is 1.70 bits per heavy atom. The van der Waals surface area contributed by atoms with Gasteiger partial charge in [-0.3, -0.25) is 4.79 Å². The number of methoxy groups -OCH3 is 1. The number of hydrogen-bond donors (Lipinski definition) is 0. The largest absolute Gasteiger partial charge is 0.469 e. The van der Waals surface area contributed by atoms with Gasteiger partial charge in [0.25, 0.3) is 0 Å². The van der Waals surface area contributed by atoms with Crippen molar-refractivity contribution in [3.05, 3.63) is 60.2 Å². The fourth-order valence-electron chi connectivity index (χ4n) is 6.64. The molecule has 2 saturated heterocycles. The predicted molar refractivity (Wildman–Crippen MR) is 177 cm³/mol. The van der Waals surface area contributed by atoms with Crippen molar-refractivity contribution >= 4 is 11.9 Å². The molecule has 3 aliphatic rings. The van der Waals surface area contributed by atoms with Crippen molar-refractivity contribution in [3.63, 3.8) is 0 Å². The van der Waals surface area contributed by atoms with Gasteiger partial charge in [0.1, 0.15) is 6.10 Å². The molecule has 2 heterocycles. The molecule has 256 valence electrons. The number of rotatable bonds is 18. The second kappa shape index (κ2) is 20.7. The maximum Gasteiger partial charge on any atom is 0.338 e. The minimum absolute atomic E-state index is 0.0643. The van der Waals surface area contributed by atoms with Gasteiger partial charge in [-0.25, -0.2) is 4.79 Å². The number of esters is 2. The second-order valence-electron chi connectivity index (χ2n) is 12.8. The first-order valence-electron chi connectivity index (χ1n) is 17.8. The molecule has 46 heavy (non-hydrogen) atoms. The highest BCUT2D eigenvalue weighted by atomic mass is 16.7. The highest BCUT2D eigenvalue weighted by molar-refractivity contribution is 5.89. The van der Waals surface area contributed by atoms with E-state index in [1.54, 1.807) is 12.1 Å². The van der Waals surface area contributed by atoms with Crippen LogP contribution in [0.4, 0.5) is 0 Å². The number of ether oxygens (including phenoxy) is 6. The smallest absolute Gasteiger partial charge is 0.338 e. The van der Waals surface area contributed by atoms with Crippen molar-refractivity contribution in [2.24, 2.45) is 11.8 Å². The molecule has 3 fully saturated rings. The summed E-state index contributed by atoms with van der Waals surface area (Å²) >= 11 is 0. The molecule has 8 nitrogen and oxygen atoms in total. The average molecular weight is 641 g/mol. The maximum absolute atomic E-state index is 13.3. The molecule has 2 aliphatic heterocycles. The summed E-state index contributed by atoms with van der Waals surface area (Å²) in [5, 5.41) is 0. The molecule has 4 rings (SSSR count). The lowest BCUT2D eigenvalue weighted by Gasteiger charge is -2.30. The molecule has 1 aromatic rings. The van der Waals surface area contributed by atoms with E-state index in [0.717, 1.165) is 90.1 Å². The SMILES string of the molecule is CCCCC[C@@H](/C=C/[C@@H]1[C@@H](C/C=C\CCCC(=O)OC)[C@@H](OC2CCCCO2)C[C@H]1OC(=O)c1ccccc1)OC1CCCCO1. The molecule has 0 radical (unpaired) electrons. The van der Waals surface area contributed by atoms with E-state index in [-0.39, 0.29) is 54.7 Å². The lowest BCUT2D eigenvalue weighted by molar-refractivity contribution is -0.195. The third kappa shape index (κ3) is 12.3. The van der Waals surface area contributed by atoms with Crippen LogP contribution < -0.4 is 0 Å². The van der Waals surface area contributed by atoms with Gasteiger partial charge in [0.15, 0.2) is 12.6 Å². The number of benzene rings is 1. The highest BCUT2D eigenvalue weighted by Crippen LogP contribution is 2.41. The van der Waals surface area contributed by atoms with E-state index >= 15 is 0 Å². The molecule has 1 saturated carbocycles. The van der Waals surface area contributed by atoms with Crippen molar-refractivity contribution in [1.82, 2.24) is 0 Å². The van der Waals surface area contributed by atoms with E-state index in [1.165, 1.54) is 7.11 Å². The van der Waals surface area contributed by atoms with Crippen LogP contribution in [0.1, 0.15) is 114 Å². The van der Waals surface area contributed by atoms with E-state index in [2.05, 4.69) is 31.2 Å². The number of allylic oxidation sites excluding steroid dienone is 2. The van der Waals surface area contributed by atoms with E-state index in [4.69, 9.17) is 28.4 Å². The summed E-state index contributed by atoms with van der Waals surface area (Å²) in [6.45, 7) is 3.66. The molecule has 0 N–H and O–H groups in total. The molecule has 1 aliphatic carbocycles. The van der Waals surface area contributed by atoms with Crippen LogP contribution in [0.2, 0.25) is 0 Å². The van der Waals surface area contributed by atoms with Gasteiger partial charge in [-0.1, -0.05) is 68.7 Å². The number of unbranched alkanes of at least 4 members (excludes halogenated alkanes) is 3. The molecule has 0 bridgehead atoms. The van der Waals surface area contributed by atoms with Gasteiger partial charge in [0.2, 0.25) is 0 Å². The first-order valence-corrected chi connectivity index (χ1v) is 17.8. The summed E-state index contributed by atoms with van der Waals surface area (Å²) in [6, 6.07) is 9.20. The summed E-state index contributed by atoms with van der Waals surface area (Å²) in [4.78, 5) is 24.9. The Balaban J connectivity index is 1.55.